The van der Waals surface area contributed by atoms with Crippen molar-refractivity contribution in [1.29, 1.82) is 0 Å². The number of halogens is 1. The number of hydrogen-bond acceptors (Lipinski definition) is 2. The molecule has 0 bridgehead atoms. The molecule has 0 aromatic carbocycles. The number of hydrogen-bond donors (Lipinski definition) is 1. The van der Waals surface area contributed by atoms with Crippen LogP contribution in [0.1, 0.15) is 25.7 Å². The SMILES string of the molecule is C=CCCCN(C)C(=NC)NCCCCn1ccccc1=O.I. The lowest BCUT2D eigenvalue weighted by Gasteiger charge is -2.21. The highest BCUT2D eigenvalue weighted by Gasteiger charge is 2.04. The average Bonchev–Trinajstić information content (AvgIpc) is 2.52. The molecule has 1 aromatic rings. The quantitative estimate of drug-likeness (QED) is 0.215. The van der Waals surface area contributed by atoms with E-state index in [9.17, 15) is 4.79 Å². The lowest BCUT2D eigenvalue weighted by atomic mass is 10.3. The lowest BCUT2D eigenvalue weighted by molar-refractivity contribution is 0.467. The van der Waals surface area contributed by atoms with E-state index < -0.39 is 0 Å². The topological polar surface area (TPSA) is 49.6 Å². The molecule has 0 saturated heterocycles. The fourth-order valence-corrected chi connectivity index (χ4v) is 2.22. The van der Waals surface area contributed by atoms with Crippen molar-refractivity contribution < 1.29 is 0 Å². The molecular weight excluding hydrogens is 403 g/mol. The Bertz CT molecular complexity index is 527. The average molecular weight is 432 g/mol. The predicted molar refractivity (Wildman–Crippen MR) is 109 cm³/mol. The summed E-state index contributed by atoms with van der Waals surface area (Å²) in [7, 11) is 3.85. The number of nitrogens with zero attached hydrogens (tertiary/aromatic N) is 3. The summed E-state index contributed by atoms with van der Waals surface area (Å²) in [6.45, 7) is 6.32. The monoisotopic (exact) mass is 432 g/mol. The predicted octanol–water partition coefficient (Wildman–Crippen LogP) is 2.72. The largest absolute Gasteiger partial charge is 0.356 e. The standard InChI is InChI=1S/C17H28N4O.HI/c1-4-5-8-13-20(3)17(18-2)19-12-7-10-15-21-14-9-6-11-16(21)22;/h4,6,9,11,14H,1,5,7-8,10,12-13,15H2,2-3H3,(H,18,19);1H. The van der Waals surface area contributed by atoms with Crippen LogP contribution >= 0.6 is 24.0 Å². The molecule has 0 spiro atoms. The minimum atomic E-state index is 0. The van der Waals surface area contributed by atoms with Gasteiger partial charge in [-0.25, -0.2) is 0 Å². The molecule has 0 amide bonds. The number of unbranched alkanes of at least 4 members (excludes halogenated alkanes) is 2. The second kappa shape index (κ2) is 13.2. The van der Waals surface area contributed by atoms with Crippen LogP contribution in [-0.4, -0.2) is 42.6 Å². The second-order valence-electron chi connectivity index (χ2n) is 5.27. The van der Waals surface area contributed by atoms with Gasteiger partial charge in [0.25, 0.3) is 0 Å². The lowest BCUT2D eigenvalue weighted by Crippen LogP contribution is -2.39. The van der Waals surface area contributed by atoms with Gasteiger partial charge < -0.3 is 14.8 Å². The van der Waals surface area contributed by atoms with Gasteiger partial charge in [-0.3, -0.25) is 9.79 Å². The number of aliphatic imine (C=N–C) groups is 1. The van der Waals surface area contributed by atoms with Crippen LogP contribution in [0.25, 0.3) is 0 Å². The number of aromatic nitrogens is 1. The molecular formula is C17H29IN4O. The van der Waals surface area contributed by atoms with Crippen LogP contribution in [0.5, 0.6) is 0 Å². The summed E-state index contributed by atoms with van der Waals surface area (Å²) in [5.74, 6) is 0.918. The molecule has 0 unspecified atom stereocenters. The highest BCUT2D eigenvalue weighted by molar-refractivity contribution is 14.0. The molecule has 0 fully saturated rings. The van der Waals surface area contributed by atoms with Gasteiger partial charge in [0.05, 0.1) is 0 Å². The maximum atomic E-state index is 11.6. The highest BCUT2D eigenvalue weighted by Crippen LogP contribution is 1.96. The Labute approximate surface area is 156 Å². The zero-order chi connectivity index (χ0) is 16.2. The molecule has 0 radical (unpaired) electrons. The number of aryl methyl sites for hydroxylation is 1. The Balaban J connectivity index is 0.00000484. The van der Waals surface area contributed by atoms with Crippen LogP contribution < -0.4 is 10.9 Å². The Morgan fingerprint density at radius 3 is 2.83 bits per heavy atom. The summed E-state index contributed by atoms with van der Waals surface area (Å²) in [5.41, 5.74) is 0.0632. The van der Waals surface area contributed by atoms with Crippen molar-refractivity contribution >= 4 is 29.9 Å². The molecule has 0 aliphatic carbocycles. The van der Waals surface area contributed by atoms with Gasteiger partial charge in [-0.1, -0.05) is 12.1 Å². The number of pyridine rings is 1. The van der Waals surface area contributed by atoms with Crippen LogP contribution in [-0.2, 0) is 6.54 Å². The third-order valence-electron chi connectivity index (χ3n) is 3.48. The van der Waals surface area contributed by atoms with Crippen molar-refractivity contribution in [2.75, 3.05) is 27.2 Å². The zero-order valence-electron chi connectivity index (χ0n) is 14.2. The van der Waals surface area contributed by atoms with E-state index in [1.807, 2.05) is 25.4 Å². The Hall–Kier alpha value is -1.31. The van der Waals surface area contributed by atoms with E-state index >= 15 is 0 Å². The van der Waals surface area contributed by atoms with Crippen LogP contribution in [0.15, 0.2) is 46.8 Å². The van der Waals surface area contributed by atoms with E-state index in [1.165, 1.54) is 0 Å². The van der Waals surface area contributed by atoms with E-state index in [1.54, 1.807) is 23.7 Å². The van der Waals surface area contributed by atoms with Gasteiger partial charge in [-0.2, -0.15) is 0 Å². The van der Waals surface area contributed by atoms with Crippen molar-refractivity contribution in [2.45, 2.75) is 32.2 Å². The van der Waals surface area contributed by atoms with Gasteiger partial charge in [-0.15, -0.1) is 30.6 Å². The second-order valence-corrected chi connectivity index (χ2v) is 5.27. The van der Waals surface area contributed by atoms with Crippen LogP contribution in [0.2, 0.25) is 0 Å². The summed E-state index contributed by atoms with van der Waals surface area (Å²) < 4.78 is 1.75. The van der Waals surface area contributed by atoms with E-state index in [0.717, 1.165) is 51.3 Å². The van der Waals surface area contributed by atoms with Crippen molar-refractivity contribution in [1.82, 2.24) is 14.8 Å². The molecule has 130 valence electrons. The van der Waals surface area contributed by atoms with Crippen LogP contribution in [0.4, 0.5) is 0 Å². The van der Waals surface area contributed by atoms with E-state index in [-0.39, 0.29) is 29.5 Å². The highest BCUT2D eigenvalue weighted by atomic mass is 127. The fourth-order valence-electron chi connectivity index (χ4n) is 2.22. The first kappa shape index (κ1) is 21.7. The van der Waals surface area contributed by atoms with E-state index in [0.29, 0.717) is 0 Å². The molecule has 0 atom stereocenters. The first-order valence-electron chi connectivity index (χ1n) is 7.87. The molecule has 23 heavy (non-hydrogen) atoms. The van der Waals surface area contributed by atoms with Gasteiger partial charge in [0.15, 0.2) is 5.96 Å². The molecule has 1 rings (SSSR count). The normalized spacial score (nSPS) is 10.8. The molecule has 6 heteroatoms. The first-order chi connectivity index (χ1) is 10.7. The van der Waals surface area contributed by atoms with Gasteiger partial charge >= 0.3 is 0 Å². The molecule has 1 N–H and O–H groups in total. The minimum Gasteiger partial charge on any atom is -0.356 e. The summed E-state index contributed by atoms with van der Waals surface area (Å²) >= 11 is 0. The molecule has 1 heterocycles. The third-order valence-corrected chi connectivity index (χ3v) is 3.48. The number of nitrogens with one attached hydrogen (secondary N) is 1. The Morgan fingerprint density at radius 1 is 1.39 bits per heavy atom. The van der Waals surface area contributed by atoms with Crippen LogP contribution in [0.3, 0.4) is 0 Å². The molecule has 0 aliphatic heterocycles. The van der Waals surface area contributed by atoms with Crippen molar-refractivity contribution in [2.24, 2.45) is 4.99 Å². The van der Waals surface area contributed by atoms with Gasteiger partial charge in [0, 0.05) is 46.0 Å². The van der Waals surface area contributed by atoms with Crippen molar-refractivity contribution in [3.63, 3.8) is 0 Å². The summed E-state index contributed by atoms with van der Waals surface area (Å²) in [5, 5.41) is 3.36. The molecule has 0 aliphatic rings. The number of rotatable bonds is 9. The molecule has 5 nitrogen and oxygen atoms in total. The molecule has 1 aromatic heterocycles. The Morgan fingerprint density at radius 2 is 2.17 bits per heavy atom. The smallest absolute Gasteiger partial charge is 0.250 e. The maximum Gasteiger partial charge on any atom is 0.250 e. The van der Waals surface area contributed by atoms with Gasteiger partial charge in [0.1, 0.15) is 0 Å². The van der Waals surface area contributed by atoms with Gasteiger partial charge in [-0.05, 0) is 31.7 Å². The van der Waals surface area contributed by atoms with E-state index in [4.69, 9.17) is 0 Å². The van der Waals surface area contributed by atoms with E-state index in [2.05, 4.69) is 21.8 Å². The third kappa shape index (κ3) is 8.78. The summed E-state index contributed by atoms with van der Waals surface area (Å²) in [6, 6.07) is 5.25. The summed E-state index contributed by atoms with van der Waals surface area (Å²) in [4.78, 5) is 18.0. The minimum absolute atomic E-state index is 0. The Kier molecular flexibility index (Phi) is 12.4. The van der Waals surface area contributed by atoms with Crippen molar-refractivity contribution in [3.8, 4) is 0 Å². The van der Waals surface area contributed by atoms with Gasteiger partial charge in [0.2, 0.25) is 5.56 Å². The fraction of sp³-hybridized carbons (Fsp3) is 0.529. The first-order valence-corrected chi connectivity index (χ1v) is 7.87. The zero-order valence-corrected chi connectivity index (χ0v) is 16.5. The number of guanidine groups is 1. The van der Waals surface area contributed by atoms with Crippen molar-refractivity contribution in [3.05, 3.63) is 47.4 Å². The number of allylic oxidation sites excluding steroid dienone is 1. The summed E-state index contributed by atoms with van der Waals surface area (Å²) in [6.07, 6.45) is 7.84. The maximum absolute atomic E-state index is 11.6. The molecule has 0 saturated carbocycles. The van der Waals surface area contributed by atoms with Crippen LogP contribution in [0, 0.1) is 0 Å².